The number of carbonyl (C=O) groups is 1. The van der Waals surface area contributed by atoms with Crippen LogP contribution in [0.15, 0.2) is 48.5 Å². The lowest BCUT2D eigenvalue weighted by Crippen LogP contribution is -2.34. The van der Waals surface area contributed by atoms with Crippen LogP contribution in [-0.4, -0.2) is 29.1 Å². The third kappa shape index (κ3) is 4.43. The minimum atomic E-state index is -4.32. The van der Waals surface area contributed by atoms with Gasteiger partial charge >= 0.3 is 12.1 Å². The molecule has 1 atom stereocenters. The van der Waals surface area contributed by atoms with Gasteiger partial charge in [-0.2, -0.15) is 13.2 Å². The van der Waals surface area contributed by atoms with Gasteiger partial charge in [0, 0.05) is 13.1 Å². The van der Waals surface area contributed by atoms with Crippen molar-refractivity contribution in [3.8, 4) is 0 Å². The average molecular weight is 363 g/mol. The molecule has 6 heteroatoms. The number of halogens is 3. The number of rotatable bonds is 4. The third-order valence-electron chi connectivity index (χ3n) is 4.80. The van der Waals surface area contributed by atoms with Gasteiger partial charge in [-0.05, 0) is 54.6 Å². The number of nitrogens with zero attached hydrogens (tertiary/aromatic N) is 1. The number of carboxylic acids is 1. The summed E-state index contributed by atoms with van der Waals surface area (Å²) in [6.45, 7) is 2.24. The number of likely N-dealkylation sites (tertiary alicyclic amines) is 1. The fourth-order valence-corrected chi connectivity index (χ4v) is 3.45. The largest absolute Gasteiger partial charge is 0.478 e. The normalized spacial score (nSPS) is 18.7. The zero-order chi connectivity index (χ0) is 18.7. The van der Waals surface area contributed by atoms with Crippen molar-refractivity contribution < 1.29 is 23.1 Å². The molecule has 0 aliphatic carbocycles. The number of benzene rings is 2. The Bertz CT molecular complexity index is 771. The van der Waals surface area contributed by atoms with Crippen molar-refractivity contribution >= 4 is 5.97 Å². The molecule has 1 aliphatic heterocycles. The third-order valence-corrected chi connectivity index (χ3v) is 4.80. The maximum atomic E-state index is 12.9. The molecule has 3 nitrogen and oxygen atoms in total. The van der Waals surface area contributed by atoms with Crippen molar-refractivity contribution in [1.82, 2.24) is 4.90 Å². The van der Waals surface area contributed by atoms with Crippen LogP contribution in [0.5, 0.6) is 0 Å². The van der Waals surface area contributed by atoms with Crippen molar-refractivity contribution in [1.29, 1.82) is 0 Å². The summed E-state index contributed by atoms with van der Waals surface area (Å²) in [7, 11) is 0. The summed E-state index contributed by atoms with van der Waals surface area (Å²) < 4.78 is 38.8. The topological polar surface area (TPSA) is 40.5 Å². The van der Waals surface area contributed by atoms with Gasteiger partial charge in [0.15, 0.2) is 0 Å². The number of aromatic carboxylic acids is 1. The Morgan fingerprint density at radius 1 is 1.15 bits per heavy atom. The number of alkyl halides is 3. The molecule has 2 aromatic rings. The second kappa shape index (κ2) is 7.50. The molecule has 0 aromatic heterocycles. The quantitative estimate of drug-likeness (QED) is 0.850. The molecule has 0 saturated carbocycles. The highest BCUT2D eigenvalue weighted by Crippen LogP contribution is 2.33. The van der Waals surface area contributed by atoms with Gasteiger partial charge in [-0.15, -0.1) is 0 Å². The molecular weight excluding hydrogens is 343 g/mol. The highest BCUT2D eigenvalue weighted by Gasteiger charge is 2.31. The zero-order valence-corrected chi connectivity index (χ0v) is 14.2. The first-order valence-corrected chi connectivity index (χ1v) is 8.54. The van der Waals surface area contributed by atoms with E-state index in [9.17, 15) is 18.0 Å². The van der Waals surface area contributed by atoms with Gasteiger partial charge in [0.05, 0.1) is 11.1 Å². The van der Waals surface area contributed by atoms with Crippen LogP contribution in [0.2, 0.25) is 0 Å². The van der Waals surface area contributed by atoms with Gasteiger partial charge < -0.3 is 5.11 Å². The van der Waals surface area contributed by atoms with Crippen molar-refractivity contribution in [3.63, 3.8) is 0 Å². The zero-order valence-electron chi connectivity index (χ0n) is 14.2. The predicted molar refractivity (Wildman–Crippen MR) is 92.1 cm³/mol. The van der Waals surface area contributed by atoms with Crippen molar-refractivity contribution in [3.05, 3.63) is 70.8 Å². The monoisotopic (exact) mass is 363 g/mol. The molecule has 1 heterocycles. The van der Waals surface area contributed by atoms with Crippen LogP contribution in [0.3, 0.4) is 0 Å². The first-order chi connectivity index (χ1) is 12.3. The molecule has 26 heavy (non-hydrogen) atoms. The van der Waals surface area contributed by atoms with E-state index >= 15 is 0 Å². The SMILES string of the molecule is O=C(O)c1ccc(CN2CCCC(c3cccc(C(F)(F)F)c3)C2)cc1. The fourth-order valence-electron chi connectivity index (χ4n) is 3.45. The molecule has 0 spiro atoms. The summed E-state index contributed by atoms with van der Waals surface area (Å²) >= 11 is 0. The summed E-state index contributed by atoms with van der Waals surface area (Å²) in [4.78, 5) is 13.1. The average Bonchev–Trinajstić information content (AvgIpc) is 2.62. The van der Waals surface area contributed by atoms with Crippen LogP contribution in [-0.2, 0) is 12.7 Å². The van der Waals surface area contributed by atoms with Gasteiger partial charge in [0.1, 0.15) is 0 Å². The van der Waals surface area contributed by atoms with Crippen LogP contribution >= 0.6 is 0 Å². The van der Waals surface area contributed by atoms with Gasteiger partial charge in [0.2, 0.25) is 0 Å². The summed E-state index contributed by atoms with van der Waals surface area (Å²) in [6.07, 6.45) is -2.53. The standard InChI is InChI=1S/C20H20F3NO2/c21-20(22,23)18-5-1-3-16(11-18)17-4-2-10-24(13-17)12-14-6-8-15(9-7-14)19(25)26/h1,3,5-9,11,17H,2,4,10,12-13H2,(H,25,26). The molecule has 1 unspecified atom stereocenters. The Morgan fingerprint density at radius 3 is 2.54 bits per heavy atom. The van der Waals surface area contributed by atoms with Gasteiger partial charge in [-0.3, -0.25) is 4.90 Å². The number of hydrogen-bond donors (Lipinski definition) is 1. The molecule has 0 radical (unpaired) electrons. The highest BCUT2D eigenvalue weighted by molar-refractivity contribution is 5.87. The van der Waals surface area contributed by atoms with Gasteiger partial charge in [0.25, 0.3) is 0 Å². The molecule has 3 rings (SSSR count). The van der Waals surface area contributed by atoms with E-state index in [1.54, 1.807) is 30.3 Å². The van der Waals surface area contributed by atoms with Gasteiger partial charge in [-0.1, -0.05) is 30.3 Å². The minimum absolute atomic E-state index is 0.0735. The highest BCUT2D eigenvalue weighted by atomic mass is 19.4. The second-order valence-electron chi connectivity index (χ2n) is 6.70. The minimum Gasteiger partial charge on any atom is -0.478 e. The van der Waals surface area contributed by atoms with E-state index in [1.165, 1.54) is 12.1 Å². The molecule has 0 bridgehead atoms. The van der Waals surface area contributed by atoms with Crippen molar-refractivity contribution in [2.75, 3.05) is 13.1 Å². The Morgan fingerprint density at radius 2 is 1.88 bits per heavy atom. The summed E-state index contributed by atoms with van der Waals surface area (Å²) in [5, 5.41) is 8.95. The Hall–Kier alpha value is -2.34. The van der Waals surface area contributed by atoms with Crippen LogP contribution in [0.4, 0.5) is 13.2 Å². The maximum absolute atomic E-state index is 12.9. The van der Waals surface area contributed by atoms with Gasteiger partial charge in [-0.25, -0.2) is 4.79 Å². The lowest BCUT2D eigenvalue weighted by Gasteiger charge is -2.33. The summed E-state index contributed by atoms with van der Waals surface area (Å²) in [5.41, 5.74) is 1.37. The smallest absolute Gasteiger partial charge is 0.416 e. The molecule has 1 aliphatic rings. The molecular formula is C20H20F3NO2. The Kier molecular flexibility index (Phi) is 5.32. The fraction of sp³-hybridized carbons (Fsp3) is 0.350. The molecule has 2 aromatic carbocycles. The van der Waals surface area contributed by atoms with Crippen molar-refractivity contribution in [2.45, 2.75) is 31.5 Å². The van der Waals surface area contributed by atoms with Crippen molar-refractivity contribution in [2.24, 2.45) is 0 Å². The molecule has 1 saturated heterocycles. The van der Waals surface area contributed by atoms with E-state index in [0.29, 0.717) is 13.1 Å². The predicted octanol–water partition coefficient (Wildman–Crippen LogP) is 4.78. The lowest BCUT2D eigenvalue weighted by molar-refractivity contribution is -0.137. The van der Waals surface area contributed by atoms with Crippen LogP contribution in [0.25, 0.3) is 0 Å². The first-order valence-electron chi connectivity index (χ1n) is 8.54. The number of piperidine rings is 1. The first kappa shape index (κ1) is 18.5. The number of carboxylic acid groups (broad SMARTS) is 1. The van der Waals surface area contributed by atoms with E-state index in [2.05, 4.69) is 4.90 Å². The lowest BCUT2D eigenvalue weighted by atomic mass is 9.89. The van der Waals surface area contributed by atoms with Crippen LogP contribution in [0.1, 0.15) is 45.8 Å². The van der Waals surface area contributed by atoms with E-state index in [0.717, 1.165) is 36.6 Å². The Balaban J connectivity index is 1.68. The summed E-state index contributed by atoms with van der Waals surface area (Å²) in [5.74, 6) is -0.886. The molecule has 1 fully saturated rings. The molecule has 138 valence electrons. The molecule has 0 amide bonds. The summed E-state index contributed by atoms with van der Waals surface area (Å²) in [6, 6.07) is 12.3. The second-order valence-corrected chi connectivity index (χ2v) is 6.70. The Labute approximate surface area is 150 Å². The maximum Gasteiger partial charge on any atom is 0.416 e. The van der Waals surface area contributed by atoms with Crippen LogP contribution in [0, 0.1) is 0 Å². The molecule has 1 N–H and O–H groups in total. The van der Waals surface area contributed by atoms with E-state index < -0.39 is 17.7 Å². The van der Waals surface area contributed by atoms with Crippen LogP contribution < -0.4 is 0 Å². The van der Waals surface area contributed by atoms with E-state index in [-0.39, 0.29) is 11.5 Å². The van der Waals surface area contributed by atoms with E-state index in [4.69, 9.17) is 5.11 Å². The number of hydrogen-bond acceptors (Lipinski definition) is 2. The van der Waals surface area contributed by atoms with E-state index in [1.807, 2.05) is 0 Å².